The lowest BCUT2D eigenvalue weighted by Gasteiger charge is -2.18. The molecule has 4 rings (SSSR count). The van der Waals surface area contributed by atoms with Crippen LogP contribution in [0.4, 0.5) is 5.69 Å². The van der Waals surface area contributed by atoms with E-state index in [1.54, 1.807) is 26.4 Å². The molecule has 3 unspecified atom stereocenters. The van der Waals surface area contributed by atoms with Gasteiger partial charge in [0, 0.05) is 17.7 Å². The Kier molecular flexibility index (Phi) is 4.75. The molecule has 2 aliphatic carbocycles. The van der Waals surface area contributed by atoms with E-state index in [0.717, 1.165) is 18.6 Å². The van der Waals surface area contributed by atoms with Crippen LogP contribution in [0.25, 0.3) is 0 Å². The molecule has 1 fully saturated rings. The van der Waals surface area contributed by atoms with E-state index in [2.05, 4.69) is 17.5 Å². The van der Waals surface area contributed by atoms with E-state index in [1.807, 2.05) is 30.3 Å². The zero-order valence-electron chi connectivity index (χ0n) is 15.5. The van der Waals surface area contributed by atoms with Gasteiger partial charge in [-0.15, -0.1) is 0 Å². The quantitative estimate of drug-likeness (QED) is 0.757. The van der Waals surface area contributed by atoms with Crippen LogP contribution < -0.4 is 19.5 Å². The molecule has 27 heavy (non-hydrogen) atoms. The van der Waals surface area contributed by atoms with Gasteiger partial charge in [-0.3, -0.25) is 4.79 Å². The summed E-state index contributed by atoms with van der Waals surface area (Å²) in [5.74, 6) is 3.66. The lowest BCUT2D eigenvalue weighted by molar-refractivity contribution is -0.120. The summed E-state index contributed by atoms with van der Waals surface area (Å²) in [6.45, 7) is 0. The number of amides is 1. The summed E-state index contributed by atoms with van der Waals surface area (Å²) >= 11 is 0. The first-order chi connectivity index (χ1) is 13.2. The number of hydrogen-bond acceptors (Lipinski definition) is 4. The summed E-state index contributed by atoms with van der Waals surface area (Å²) in [5.41, 5.74) is 0.705. The van der Waals surface area contributed by atoms with Crippen molar-refractivity contribution in [2.75, 3.05) is 19.5 Å². The van der Waals surface area contributed by atoms with Gasteiger partial charge in [0.05, 0.1) is 14.2 Å². The number of carbonyl (C=O) groups excluding carboxylic acids is 1. The van der Waals surface area contributed by atoms with Crippen LogP contribution in [0.15, 0.2) is 54.6 Å². The lowest BCUT2D eigenvalue weighted by atomic mass is 9.93. The average molecular weight is 365 g/mol. The fourth-order valence-corrected chi connectivity index (χ4v) is 3.92. The van der Waals surface area contributed by atoms with Gasteiger partial charge >= 0.3 is 0 Å². The van der Waals surface area contributed by atoms with Gasteiger partial charge in [-0.25, -0.2) is 0 Å². The van der Waals surface area contributed by atoms with E-state index < -0.39 is 0 Å². The molecule has 2 aliphatic rings. The zero-order valence-corrected chi connectivity index (χ0v) is 15.5. The van der Waals surface area contributed by atoms with Crippen LogP contribution in [0, 0.1) is 17.8 Å². The molecule has 2 aromatic rings. The van der Waals surface area contributed by atoms with Crippen LogP contribution >= 0.6 is 0 Å². The summed E-state index contributed by atoms with van der Waals surface area (Å²) < 4.78 is 16.5. The zero-order chi connectivity index (χ0) is 18.8. The molecule has 0 aromatic heterocycles. The second-order valence-corrected chi connectivity index (χ2v) is 7.02. The fourth-order valence-electron chi connectivity index (χ4n) is 3.92. The number of anilines is 1. The number of nitrogens with one attached hydrogen (secondary N) is 1. The monoisotopic (exact) mass is 365 g/mol. The maximum Gasteiger partial charge on any atom is 0.228 e. The van der Waals surface area contributed by atoms with Gasteiger partial charge in [0.25, 0.3) is 0 Å². The van der Waals surface area contributed by atoms with Crippen molar-refractivity contribution in [3.8, 4) is 23.0 Å². The first kappa shape index (κ1) is 17.5. The van der Waals surface area contributed by atoms with Crippen LogP contribution in [-0.2, 0) is 4.79 Å². The Balaban J connectivity index is 1.49. The highest BCUT2D eigenvalue weighted by molar-refractivity contribution is 5.93. The number of fused-ring (bicyclic) bond motifs is 2. The number of rotatable bonds is 6. The summed E-state index contributed by atoms with van der Waals surface area (Å²) in [6.07, 6.45) is 6.47. The number of methoxy groups -OCH3 is 2. The predicted octanol–water partition coefficient (Wildman–Crippen LogP) is 4.65. The van der Waals surface area contributed by atoms with Gasteiger partial charge in [0.1, 0.15) is 11.5 Å². The Bertz CT molecular complexity index is 859. The molecular formula is C22H23NO4. The van der Waals surface area contributed by atoms with Crippen LogP contribution in [0.5, 0.6) is 23.0 Å². The molecule has 3 atom stereocenters. The lowest BCUT2D eigenvalue weighted by Crippen LogP contribution is -2.25. The smallest absolute Gasteiger partial charge is 0.228 e. The van der Waals surface area contributed by atoms with Crippen LogP contribution in [0.3, 0.4) is 0 Å². The molecule has 2 bridgehead atoms. The summed E-state index contributed by atoms with van der Waals surface area (Å²) in [4.78, 5) is 12.7. The summed E-state index contributed by atoms with van der Waals surface area (Å²) in [6, 6.07) is 12.7. The van der Waals surface area contributed by atoms with Gasteiger partial charge in [0.15, 0.2) is 11.5 Å². The second-order valence-electron chi connectivity index (χ2n) is 7.02. The van der Waals surface area contributed by atoms with E-state index in [0.29, 0.717) is 34.8 Å². The second kappa shape index (κ2) is 7.35. The topological polar surface area (TPSA) is 56.8 Å². The molecule has 140 valence electrons. The van der Waals surface area contributed by atoms with Crippen molar-refractivity contribution in [2.24, 2.45) is 17.8 Å². The van der Waals surface area contributed by atoms with Crippen molar-refractivity contribution in [3.05, 3.63) is 54.6 Å². The minimum Gasteiger partial charge on any atom is -0.497 e. The van der Waals surface area contributed by atoms with Crippen LogP contribution in [0.2, 0.25) is 0 Å². The van der Waals surface area contributed by atoms with Crippen molar-refractivity contribution < 1.29 is 19.0 Å². The molecule has 5 heteroatoms. The summed E-state index contributed by atoms with van der Waals surface area (Å²) in [7, 11) is 3.22. The Hall–Kier alpha value is -2.95. The Labute approximate surface area is 158 Å². The minimum atomic E-state index is 0.0630. The average Bonchev–Trinajstić information content (AvgIpc) is 3.32. The highest BCUT2D eigenvalue weighted by Gasteiger charge is 2.39. The maximum absolute atomic E-state index is 12.7. The first-order valence-electron chi connectivity index (χ1n) is 9.15. The standard InChI is InChI=1S/C22H23NO4/c1-25-17-6-8-18(9-7-17)27-21-13-16(5-10-20(21)26-2)23-22(24)19-12-14-3-4-15(19)11-14/h3-10,13-15,19H,11-12H2,1-2H3,(H,23,24). The largest absolute Gasteiger partial charge is 0.497 e. The number of ether oxygens (including phenoxy) is 3. The van der Waals surface area contributed by atoms with E-state index in [1.165, 1.54) is 0 Å². The molecule has 1 saturated carbocycles. The Morgan fingerprint density at radius 2 is 1.70 bits per heavy atom. The molecule has 0 saturated heterocycles. The third-order valence-electron chi connectivity index (χ3n) is 5.33. The van der Waals surface area contributed by atoms with E-state index in [-0.39, 0.29) is 11.8 Å². The van der Waals surface area contributed by atoms with Crippen LogP contribution in [0.1, 0.15) is 12.8 Å². The molecule has 0 heterocycles. The number of hydrogen-bond donors (Lipinski definition) is 1. The molecule has 0 radical (unpaired) electrons. The van der Waals surface area contributed by atoms with Gasteiger partial charge in [-0.2, -0.15) is 0 Å². The van der Waals surface area contributed by atoms with E-state index >= 15 is 0 Å². The summed E-state index contributed by atoms with van der Waals surface area (Å²) in [5, 5.41) is 3.04. The van der Waals surface area contributed by atoms with Gasteiger partial charge < -0.3 is 19.5 Å². The fraction of sp³-hybridized carbons (Fsp3) is 0.318. The van der Waals surface area contributed by atoms with Crippen LogP contribution in [-0.4, -0.2) is 20.1 Å². The first-order valence-corrected chi connectivity index (χ1v) is 9.15. The normalized spacial score (nSPS) is 22.5. The maximum atomic E-state index is 12.7. The molecule has 1 amide bonds. The third-order valence-corrected chi connectivity index (χ3v) is 5.33. The van der Waals surface area contributed by atoms with Gasteiger partial charge in [-0.1, -0.05) is 12.2 Å². The van der Waals surface area contributed by atoms with Crippen molar-refractivity contribution in [1.29, 1.82) is 0 Å². The molecule has 1 N–H and O–H groups in total. The molecule has 0 aliphatic heterocycles. The molecule has 0 spiro atoms. The molecular weight excluding hydrogens is 342 g/mol. The Morgan fingerprint density at radius 1 is 0.926 bits per heavy atom. The number of allylic oxidation sites excluding steroid dienone is 2. The van der Waals surface area contributed by atoms with Gasteiger partial charge in [0.2, 0.25) is 5.91 Å². The number of benzene rings is 2. The molecule has 5 nitrogen and oxygen atoms in total. The number of carbonyl (C=O) groups is 1. The van der Waals surface area contributed by atoms with Crippen molar-refractivity contribution in [2.45, 2.75) is 12.8 Å². The van der Waals surface area contributed by atoms with Crippen molar-refractivity contribution >= 4 is 11.6 Å². The SMILES string of the molecule is COc1ccc(Oc2cc(NC(=O)C3CC4C=CC3C4)ccc2OC)cc1. The minimum absolute atomic E-state index is 0.0630. The highest BCUT2D eigenvalue weighted by Crippen LogP contribution is 2.44. The molecule has 2 aromatic carbocycles. The van der Waals surface area contributed by atoms with Gasteiger partial charge in [-0.05, 0) is 61.1 Å². The third kappa shape index (κ3) is 3.63. The van der Waals surface area contributed by atoms with E-state index in [4.69, 9.17) is 14.2 Å². The van der Waals surface area contributed by atoms with Crippen molar-refractivity contribution in [1.82, 2.24) is 0 Å². The van der Waals surface area contributed by atoms with Crippen molar-refractivity contribution in [3.63, 3.8) is 0 Å². The predicted molar refractivity (Wildman–Crippen MR) is 104 cm³/mol. The van der Waals surface area contributed by atoms with E-state index in [9.17, 15) is 4.79 Å². The Morgan fingerprint density at radius 3 is 2.33 bits per heavy atom. The highest BCUT2D eigenvalue weighted by atomic mass is 16.5.